The number of hydrogen-bond acceptors (Lipinski definition) is 2. The van der Waals surface area contributed by atoms with Crippen LogP contribution in [0.4, 0.5) is 0 Å². The lowest BCUT2D eigenvalue weighted by Crippen LogP contribution is -1.99. The smallest absolute Gasteiger partial charge is 0.537 e. The molecule has 0 saturated carbocycles. The standard InChI is InChI=1S/C16H11BBrO2/c18-16-10-9-13(14-3-1-2-4-15(14)16)11-5-7-12(8-6-11)20-17-19/h1-10,19H. The Kier molecular flexibility index (Phi) is 3.76. The summed E-state index contributed by atoms with van der Waals surface area (Å²) in [6.07, 6.45) is 0. The fraction of sp³-hybridized carbons (Fsp3) is 0. The van der Waals surface area contributed by atoms with Crippen molar-refractivity contribution in [3.63, 3.8) is 0 Å². The van der Waals surface area contributed by atoms with Gasteiger partial charge in [-0.3, -0.25) is 0 Å². The van der Waals surface area contributed by atoms with Crippen molar-refractivity contribution in [3.05, 3.63) is 65.1 Å². The molecule has 20 heavy (non-hydrogen) atoms. The van der Waals surface area contributed by atoms with Gasteiger partial charge in [-0.15, -0.1) is 0 Å². The molecule has 0 aliphatic heterocycles. The van der Waals surface area contributed by atoms with Crippen LogP contribution in [-0.2, 0) is 0 Å². The van der Waals surface area contributed by atoms with Crippen molar-refractivity contribution in [1.82, 2.24) is 0 Å². The fourth-order valence-electron chi connectivity index (χ4n) is 2.29. The van der Waals surface area contributed by atoms with Crippen LogP contribution in [0.25, 0.3) is 21.9 Å². The molecule has 4 heteroatoms. The van der Waals surface area contributed by atoms with Crippen molar-refractivity contribution in [2.45, 2.75) is 0 Å². The van der Waals surface area contributed by atoms with Gasteiger partial charge in [-0.25, -0.2) is 0 Å². The van der Waals surface area contributed by atoms with Crippen molar-refractivity contribution in [2.24, 2.45) is 0 Å². The third-order valence-electron chi connectivity index (χ3n) is 3.22. The zero-order chi connectivity index (χ0) is 13.9. The van der Waals surface area contributed by atoms with Gasteiger partial charge in [-0.1, -0.05) is 58.4 Å². The van der Waals surface area contributed by atoms with E-state index in [1.807, 2.05) is 36.4 Å². The van der Waals surface area contributed by atoms with Gasteiger partial charge in [0, 0.05) is 4.47 Å². The molecule has 3 aromatic rings. The van der Waals surface area contributed by atoms with Crippen molar-refractivity contribution in [2.75, 3.05) is 0 Å². The molecule has 3 rings (SSSR count). The molecule has 0 spiro atoms. The zero-order valence-corrected chi connectivity index (χ0v) is 12.2. The van der Waals surface area contributed by atoms with Gasteiger partial charge in [0.05, 0.1) is 0 Å². The summed E-state index contributed by atoms with van der Waals surface area (Å²) in [5.74, 6) is 0.609. The van der Waals surface area contributed by atoms with Crippen molar-refractivity contribution < 1.29 is 9.68 Å². The van der Waals surface area contributed by atoms with Crippen LogP contribution in [0.2, 0.25) is 0 Å². The summed E-state index contributed by atoms with van der Waals surface area (Å²) < 4.78 is 6.02. The minimum Gasteiger partial charge on any atom is -0.537 e. The summed E-state index contributed by atoms with van der Waals surface area (Å²) in [4.78, 5) is 0. The number of halogens is 1. The monoisotopic (exact) mass is 325 g/mol. The van der Waals surface area contributed by atoms with Crippen LogP contribution in [0.15, 0.2) is 65.1 Å². The maximum Gasteiger partial charge on any atom is 0.569 e. The van der Waals surface area contributed by atoms with Gasteiger partial charge in [0.2, 0.25) is 0 Å². The summed E-state index contributed by atoms with van der Waals surface area (Å²) in [5.41, 5.74) is 2.28. The third-order valence-corrected chi connectivity index (χ3v) is 3.92. The first-order chi connectivity index (χ1) is 9.79. The highest BCUT2D eigenvalue weighted by molar-refractivity contribution is 9.10. The number of fused-ring (bicyclic) bond motifs is 1. The van der Waals surface area contributed by atoms with Gasteiger partial charge in [0.1, 0.15) is 5.75 Å². The van der Waals surface area contributed by atoms with Crippen LogP contribution in [0.1, 0.15) is 0 Å². The first-order valence-electron chi connectivity index (χ1n) is 6.20. The van der Waals surface area contributed by atoms with Crippen LogP contribution in [0, 0.1) is 0 Å². The lowest BCUT2D eigenvalue weighted by Gasteiger charge is -2.09. The highest BCUT2D eigenvalue weighted by atomic mass is 79.9. The lowest BCUT2D eigenvalue weighted by molar-refractivity contribution is 0.454. The molecule has 0 saturated heterocycles. The van der Waals surface area contributed by atoms with E-state index < -0.39 is 0 Å². The predicted molar refractivity (Wildman–Crippen MR) is 85.7 cm³/mol. The van der Waals surface area contributed by atoms with Crippen LogP contribution in [0.5, 0.6) is 5.75 Å². The molecular formula is C16H11BBrO2. The zero-order valence-electron chi connectivity index (χ0n) is 10.6. The van der Waals surface area contributed by atoms with E-state index in [1.54, 1.807) is 0 Å². The summed E-state index contributed by atoms with van der Waals surface area (Å²) in [6, 6.07) is 20.1. The minimum absolute atomic E-state index is 0.609. The second-order valence-electron chi connectivity index (χ2n) is 4.39. The maximum atomic E-state index is 8.63. The summed E-state index contributed by atoms with van der Waals surface area (Å²) in [6.45, 7) is 0. The normalized spacial score (nSPS) is 10.5. The van der Waals surface area contributed by atoms with E-state index in [4.69, 9.17) is 9.68 Å². The van der Waals surface area contributed by atoms with E-state index >= 15 is 0 Å². The molecular weight excluding hydrogens is 315 g/mol. The fourth-order valence-corrected chi connectivity index (χ4v) is 2.77. The van der Waals surface area contributed by atoms with E-state index in [2.05, 4.69) is 40.2 Å². The average Bonchev–Trinajstić information content (AvgIpc) is 2.49. The largest absolute Gasteiger partial charge is 0.569 e. The van der Waals surface area contributed by atoms with Crippen molar-refractivity contribution in [1.29, 1.82) is 0 Å². The van der Waals surface area contributed by atoms with Gasteiger partial charge in [0.25, 0.3) is 0 Å². The maximum absolute atomic E-state index is 8.63. The van der Waals surface area contributed by atoms with Crippen LogP contribution >= 0.6 is 15.9 Å². The SMILES string of the molecule is O[B]Oc1ccc(-c2ccc(Br)c3ccccc23)cc1. The summed E-state index contributed by atoms with van der Waals surface area (Å²) >= 11 is 3.58. The van der Waals surface area contributed by atoms with E-state index in [1.165, 1.54) is 16.3 Å². The van der Waals surface area contributed by atoms with Gasteiger partial charge in [0.15, 0.2) is 0 Å². The van der Waals surface area contributed by atoms with Crippen molar-refractivity contribution >= 4 is 34.4 Å². The molecule has 0 amide bonds. The molecule has 0 aromatic heterocycles. The molecule has 0 unspecified atom stereocenters. The van der Waals surface area contributed by atoms with E-state index in [0.29, 0.717) is 13.4 Å². The Morgan fingerprint density at radius 3 is 2.25 bits per heavy atom. The molecule has 97 valence electrons. The van der Waals surface area contributed by atoms with Crippen molar-refractivity contribution in [3.8, 4) is 16.9 Å². The second-order valence-corrected chi connectivity index (χ2v) is 5.24. The van der Waals surface area contributed by atoms with E-state index in [-0.39, 0.29) is 0 Å². The Labute approximate surface area is 126 Å². The van der Waals surface area contributed by atoms with Gasteiger partial charge in [-0.2, -0.15) is 0 Å². The highest BCUT2D eigenvalue weighted by Gasteiger charge is 2.06. The summed E-state index contributed by atoms with van der Waals surface area (Å²) in [7, 11) is 0.685. The molecule has 0 bridgehead atoms. The van der Waals surface area contributed by atoms with E-state index in [0.717, 1.165) is 10.0 Å². The molecule has 2 nitrogen and oxygen atoms in total. The average molecular weight is 326 g/mol. The second kappa shape index (κ2) is 5.69. The molecule has 0 aliphatic rings. The topological polar surface area (TPSA) is 29.5 Å². The lowest BCUT2D eigenvalue weighted by atomic mass is 9.98. The van der Waals surface area contributed by atoms with Gasteiger partial charge < -0.3 is 9.68 Å². The predicted octanol–water partition coefficient (Wildman–Crippen LogP) is 4.17. The van der Waals surface area contributed by atoms with Crippen LogP contribution < -0.4 is 4.65 Å². The van der Waals surface area contributed by atoms with Gasteiger partial charge >= 0.3 is 7.69 Å². The first-order valence-corrected chi connectivity index (χ1v) is 6.99. The minimum atomic E-state index is 0.609. The van der Waals surface area contributed by atoms with Crippen LogP contribution in [-0.4, -0.2) is 12.7 Å². The Morgan fingerprint density at radius 1 is 0.850 bits per heavy atom. The molecule has 0 atom stereocenters. The first kappa shape index (κ1) is 13.2. The molecule has 0 aliphatic carbocycles. The number of rotatable bonds is 3. The van der Waals surface area contributed by atoms with E-state index in [9.17, 15) is 0 Å². The highest BCUT2D eigenvalue weighted by Crippen LogP contribution is 2.33. The number of hydrogen-bond donors (Lipinski definition) is 1. The molecule has 0 heterocycles. The molecule has 3 aromatic carbocycles. The number of benzene rings is 3. The molecule has 1 radical (unpaired) electrons. The Balaban J connectivity index is 2.12. The van der Waals surface area contributed by atoms with Crippen LogP contribution in [0.3, 0.4) is 0 Å². The molecule has 0 fully saturated rings. The Morgan fingerprint density at radius 2 is 1.55 bits per heavy atom. The van der Waals surface area contributed by atoms with Gasteiger partial charge in [-0.05, 0) is 40.1 Å². The summed E-state index contributed by atoms with van der Waals surface area (Å²) in [5, 5.41) is 11.0. The Hall–Kier alpha value is -1.78. The third kappa shape index (κ3) is 2.44. The quantitative estimate of drug-likeness (QED) is 0.732. The Bertz CT molecular complexity index is 741. The molecule has 1 N–H and O–H groups in total.